The zero-order chi connectivity index (χ0) is 13.9. The molecule has 1 unspecified atom stereocenters. The minimum Gasteiger partial charge on any atom is -0.309 e. The Hall–Kier alpha value is -1.45. The molecule has 1 aliphatic rings. The Morgan fingerprint density at radius 2 is 2.26 bits per heavy atom. The lowest BCUT2D eigenvalue weighted by Crippen LogP contribution is -2.39. The second-order valence-electron chi connectivity index (χ2n) is 4.76. The van der Waals surface area contributed by atoms with Gasteiger partial charge in [0.2, 0.25) is 0 Å². The quantitative estimate of drug-likeness (QED) is 0.909. The fourth-order valence-corrected chi connectivity index (χ4v) is 3.88. The summed E-state index contributed by atoms with van der Waals surface area (Å²) in [6.45, 7) is 0.440. The Morgan fingerprint density at radius 3 is 2.95 bits per heavy atom. The van der Waals surface area contributed by atoms with E-state index in [-0.39, 0.29) is 23.1 Å². The summed E-state index contributed by atoms with van der Waals surface area (Å²) in [5.41, 5.74) is 0.788. The third-order valence-corrected chi connectivity index (χ3v) is 5.03. The van der Waals surface area contributed by atoms with E-state index in [1.165, 1.54) is 12.1 Å². The topological polar surface area (TPSA) is 70.0 Å². The molecule has 19 heavy (non-hydrogen) atoms. The van der Waals surface area contributed by atoms with Crippen molar-refractivity contribution in [3.05, 3.63) is 35.1 Å². The largest absolute Gasteiger partial charge is 0.309 e. The van der Waals surface area contributed by atoms with Gasteiger partial charge in [-0.1, -0.05) is 6.07 Å². The molecule has 6 heteroatoms. The van der Waals surface area contributed by atoms with Crippen LogP contribution in [-0.2, 0) is 16.4 Å². The molecule has 4 nitrogen and oxygen atoms in total. The number of halogens is 1. The zero-order valence-electron chi connectivity index (χ0n) is 10.4. The minimum atomic E-state index is -2.93. The van der Waals surface area contributed by atoms with E-state index in [2.05, 4.69) is 5.32 Å². The summed E-state index contributed by atoms with van der Waals surface area (Å²) < 4.78 is 36.1. The van der Waals surface area contributed by atoms with Crippen molar-refractivity contribution in [2.45, 2.75) is 25.4 Å². The maximum atomic E-state index is 13.1. The smallest absolute Gasteiger partial charge is 0.151 e. The minimum absolute atomic E-state index is 0.00978. The number of nitrogens with one attached hydrogen (secondary N) is 1. The molecule has 1 aromatic carbocycles. The molecule has 102 valence electrons. The molecule has 2 rings (SSSR count). The average Bonchev–Trinajstić information content (AvgIpc) is 2.36. The van der Waals surface area contributed by atoms with Crippen molar-refractivity contribution in [2.75, 3.05) is 11.5 Å². The fourth-order valence-electron chi connectivity index (χ4n) is 2.21. The first-order chi connectivity index (χ1) is 9.00. The lowest BCUT2D eigenvalue weighted by Gasteiger charge is -2.23. The van der Waals surface area contributed by atoms with Crippen LogP contribution in [0.2, 0.25) is 0 Å². The van der Waals surface area contributed by atoms with Gasteiger partial charge in [0.05, 0.1) is 17.1 Å². The second-order valence-corrected chi connectivity index (χ2v) is 6.99. The highest BCUT2D eigenvalue weighted by Gasteiger charge is 2.24. The molecule has 1 N–H and O–H groups in total. The molecule has 0 aliphatic carbocycles. The normalized spacial score (nSPS) is 21.8. The SMILES string of the molecule is N#Cc1cc(CNC2CCCS(=O)(=O)C2)ccc1F. The lowest BCUT2D eigenvalue weighted by atomic mass is 10.1. The van der Waals surface area contributed by atoms with Crippen molar-refractivity contribution in [1.29, 1.82) is 5.26 Å². The Bertz CT molecular complexity index is 608. The standard InChI is InChI=1S/C13H15FN2O2S/c14-13-4-3-10(6-11(13)7-15)8-16-12-2-1-5-19(17,18)9-12/h3-4,6,12,16H,1-2,5,8-9H2. The first-order valence-corrected chi connectivity index (χ1v) is 7.94. The van der Waals surface area contributed by atoms with Crippen molar-refractivity contribution < 1.29 is 12.8 Å². The molecule has 1 atom stereocenters. The lowest BCUT2D eigenvalue weighted by molar-refractivity contribution is 0.480. The highest BCUT2D eigenvalue weighted by Crippen LogP contribution is 2.14. The molecule has 1 aromatic rings. The molecule has 0 radical (unpaired) electrons. The van der Waals surface area contributed by atoms with Crippen LogP contribution in [0.25, 0.3) is 0 Å². The Balaban J connectivity index is 1.98. The van der Waals surface area contributed by atoms with Crippen LogP contribution in [0.3, 0.4) is 0 Å². The van der Waals surface area contributed by atoms with Crippen LogP contribution in [0.15, 0.2) is 18.2 Å². The van der Waals surface area contributed by atoms with E-state index >= 15 is 0 Å². The van der Waals surface area contributed by atoms with E-state index < -0.39 is 15.7 Å². The van der Waals surface area contributed by atoms with E-state index in [0.29, 0.717) is 13.0 Å². The number of nitriles is 1. The summed E-state index contributed by atoms with van der Waals surface area (Å²) in [4.78, 5) is 0. The molecule has 1 heterocycles. The first-order valence-electron chi connectivity index (χ1n) is 6.12. The molecule has 0 aromatic heterocycles. The van der Waals surface area contributed by atoms with Crippen molar-refractivity contribution in [2.24, 2.45) is 0 Å². The van der Waals surface area contributed by atoms with Gasteiger partial charge in [-0.15, -0.1) is 0 Å². The molecule has 0 bridgehead atoms. The van der Waals surface area contributed by atoms with Gasteiger partial charge in [0.15, 0.2) is 9.84 Å². The Labute approximate surface area is 112 Å². The van der Waals surface area contributed by atoms with Crippen molar-refractivity contribution in [3.63, 3.8) is 0 Å². The number of sulfone groups is 1. The van der Waals surface area contributed by atoms with E-state index in [9.17, 15) is 12.8 Å². The summed E-state index contributed by atoms with van der Waals surface area (Å²) in [6, 6.07) is 6.07. The Morgan fingerprint density at radius 1 is 1.47 bits per heavy atom. The van der Waals surface area contributed by atoms with Gasteiger partial charge in [0.1, 0.15) is 11.9 Å². The molecule has 1 aliphatic heterocycles. The maximum Gasteiger partial charge on any atom is 0.151 e. The number of benzene rings is 1. The van der Waals surface area contributed by atoms with Gasteiger partial charge in [-0.3, -0.25) is 0 Å². The van der Waals surface area contributed by atoms with E-state index in [1.807, 2.05) is 0 Å². The zero-order valence-corrected chi connectivity index (χ0v) is 11.2. The third-order valence-electron chi connectivity index (χ3n) is 3.21. The van der Waals surface area contributed by atoms with Gasteiger partial charge >= 0.3 is 0 Å². The van der Waals surface area contributed by atoms with Gasteiger partial charge in [-0.25, -0.2) is 12.8 Å². The van der Waals surface area contributed by atoms with Crippen LogP contribution in [0.4, 0.5) is 4.39 Å². The predicted octanol–water partition coefficient (Wildman–Crippen LogP) is 1.36. The molecule has 0 amide bonds. The van der Waals surface area contributed by atoms with E-state index in [0.717, 1.165) is 12.0 Å². The third kappa shape index (κ3) is 3.75. The van der Waals surface area contributed by atoms with Crippen LogP contribution >= 0.6 is 0 Å². The number of rotatable bonds is 3. The summed E-state index contributed by atoms with van der Waals surface area (Å²) in [7, 11) is -2.93. The van der Waals surface area contributed by atoms with Gasteiger partial charge in [0, 0.05) is 12.6 Å². The maximum absolute atomic E-state index is 13.1. The predicted molar refractivity (Wildman–Crippen MR) is 69.6 cm³/mol. The highest BCUT2D eigenvalue weighted by atomic mass is 32.2. The summed E-state index contributed by atoms with van der Waals surface area (Å²) in [5, 5.41) is 11.9. The monoisotopic (exact) mass is 282 g/mol. The number of nitrogens with zero attached hydrogens (tertiary/aromatic N) is 1. The van der Waals surface area contributed by atoms with Crippen LogP contribution < -0.4 is 5.32 Å². The van der Waals surface area contributed by atoms with E-state index in [1.54, 1.807) is 12.1 Å². The highest BCUT2D eigenvalue weighted by molar-refractivity contribution is 7.91. The van der Waals surface area contributed by atoms with Crippen molar-refractivity contribution >= 4 is 9.84 Å². The van der Waals surface area contributed by atoms with Crippen LogP contribution in [0.1, 0.15) is 24.0 Å². The van der Waals surface area contributed by atoms with Gasteiger partial charge in [0.25, 0.3) is 0 Å². The van der Waals surface area contributed by atoms with E-state index in [4.69, 9.17) is 5.26 Å². The summed E-state index contributed by atoms with van der Waals surface area (Å²) in [6.07, 6.45) is 1.50. The molecular weight excluding hydrogens is 267 g/mol. The molecule has 0 saturated carbocycles. The molecular formula is C13H15FN2O2S. The molecule has 0 spiro atoms. The second kappa shape index (κ2) is 5.68. The molecule has 1 fully saturated rings. The fraction of sp³-hybridized carbons (Fsp3) is 0.462. The van der Waals surface area contributed by atoms with Crippen LogP contribution in [-0.4, -0.2) is 26.0 Å². The van der Waals surface area contributed by atoms with Gasteiger partial charge in [-0.05, 0) is 30.5 Å². The van der Waals surface area contributed by atoms with Crippen LogP contribution in [0.5, 0.6) is 0 Å². The summed E-state index contributed by atoms with van der Waals surface area (Å²) in [5.74, 6) is -0.119. The summed E-state index contributed by atoms with van der Waals surface area (Å²) >= 11 is 0. The average molecular weight is 282 g/mol. The van der Waals surface area contributed by atoms with Crippen molar-refractivity contribution in [3.8, 4) is 6.07 Å². The van der Waals surface area contributed by atoms with Crippen molar-refractivity contribution in [1.82, 2.24) is 5.32 Å². The van der Waals surface area contributed by atoms with Crippen LogP contribution in [0, 0.1) is 17.1 Å². The number of hydrogen-bond acceptors (Lipinski definition) is 4. The number of hydrogen-bond donors (Lipinski definition) is 1. The first kappa shape index (κ1) is 14.0. The molecule has 1 saturated heterocycles. The Kier molecular flexibility index (Phi) is 4.17. The van der Waals surface area contributed by atoms with Gasteiger partial charge < -0.3 is 5.32 Å². The van der Waals surface area contributed by atoms with Gasteiger partial charge in [-0.2, -0.15) is 5.26 Å².